The van der Waals surface area contributed by atoms with Crippen LogP contribution >= 0.6 is 0 Å². The second kappa shape index (κ2) is 11.3. The summed E-state index contributed by atoms with van der Waals surface area (Å²) in [5.74, 6) is -0.891. The van der Waals surface area contributed by atoms with Crippen LogP contribution in [-0.4, -0.2) is 73.5 Å². The average Bonchev–Trinajstić information content (AvgIpc) is 3.28. The van der Waals surface area contributed by atoms with Gasteiger partial charge in [0.05, 0.1) is 20.3 Å². The van der Waals surface area contributed by atoms with Crippen molar-refractivity contribution >= 4 is 17.7 Å². The number of amides is 1. The standard InChI is InChI=1S/C26H31N3O6/c1-33-24(31)9-7-22(26(27)32)29-15-20-6-8-23(30)25(21(20)16-29)35-17-19-4-2-18(3-5-19)14-28-10-12-34-13-11-28/h2-6,8,15,22H,7,9-14,16-17H2,1H3,(H2,27,32)/t22-/m0/s1. The Balaban J connectivity index is 1.40. The van der Waals surface area contributed by atoms with E-state index in [-0.39, 0.29) is 31.0 Å². The van der Waals surface area contributed by atoms with Gasteiger partial charge in [0, 0.05) is 44.4 Å². The van der Waals surface area contributed by atoms with Crippen molar-refractivity contribution in [1.82, 2.24) is 9.80 Å². The highest BCUT2D eigenvalue weighted by atomic mass is 16.5. The molecule has 0 spiro atoms. The van der Waals surface area contributed by atoms with Crippen molar-refractivity contribution in [2.75, 3.05) is 40.0 Å². The van der Waals surface area contributed by atoms with Gasteiger partial charge in [-0.1, -0.05) is 24.3 Å². The van der Waals surface area contributed by atoms with Crippen LogP contribution in [0.1, 0.15) is 24.0 Å². The van der Waals surface area contributed by atoms with Crippen molar-refractivity contribution in [1.29, 1.82) is 0 Å². The molecular weight excluding hydrogens is 450 g/mol. The zero-order valence-corrected chi connectivity index (χ0v) is 19.9. The number of nitrogens with zero attached hydrogens (tertiary/aromatic N) is 2. The summed E-state index contributed by atoms with van der Waals surface area (Å²) >= 11 is 0. The van der Waals surface area contributed by atoms with Gasteiger partial charge in [-0.3, -0.25) is 19.3 Å². The van der Waals surface area contributed by atoms with E-state index in [0.717, 1.165) is 44.0 Å². The largest absolute Gasteiger partial charge is 0.484 e. The van der Waals surface area contributed by atoms with E-state index in [1.807, 2.05) is 12.1 Å². The molecule has 4 rings (SSSR count). The van der Waals surface area contributed by atoms with Gasteiger partial charge in [-0.15, -0.1) is 0 Å². The lowest BCUT2D eigenvalue weighted by molar-refractivity contribution is -0.141. The molecule has 0 saturated carbocycles. The molecule has 1 saturated heterocycles. The molecule has 1 aromatic rings. The molecule has 2 heterocycles. The van der Waals surface area contributed by atoms with Crippen LogP contribution in [0, 0.1) is 0 Å². The van der Waals surface area contributed by atoms with E-state index in [0.29, 0.717) is 12.1 Å². The van der Waals surface area contributed by atoms with Gasteiger partial charge in [0.15, 0.2) is 5.76 Å². The summed E-state index contributed by atoms with van der Waals surface area (Å²) < 4.78 is 16.1. The molecule has 9 heteroatoms. The lowest BCUT2D eigenvalue weighted by Gasteiger charge is -2.26. The molecule has 186 valence electrons. The zero-order valence-electron chi connectivity index (χ0n) is 19.9. The van der Waals surface area contributed by atoms with E-state index in [1.54, 1.807) is 17.2 Å². The molecule has 0 bridgehead atoms. The maximum absolute atomic E-state index is 12.6. The first-order valence-electron chi connectivity index (χ1n) is 11.7. The third kappa shape index (κ3) is 6.17. The molecule has 0 unspecified atom stereocenters. The fourth-order valence-electron chi connectivity index (χ4n) is 4.41. The smallest absolute Gasteiger partial charge is 0.305 e. The number of ketones is 1. The minimum absolute atomic E-state index is 0.0719. The highest BCUT2D eigenvalue weighted by Gasteiger charge is 2.33. The number of fused-ring (bicyclic) bond motifs is 1. The molecule has 1 amide bonds. The minimum Gasteiger partial charge on any atom is -0.484 e. The van der Waals surface area contributed by atoms with Crippen molar-refractivity contribution < 1.29 is 28.6 Å². The summed E-state index contributed by atoms with van der Waals surface area (Å²) in [6.45, 7) is 4.84. The molecule has 2 aliphatic heterocycles. The molecule has 2 N–H and O–H groups in total. The number of carbonyl (C=O) groups excluding carboxylic acids is 3. The maximum atomic E-state index is 12.6. The van der Waals surface area contributed by atoms with Gasteiger partial charge in [0.2, 0.25) is 11.7 Å². The Labute approximate surface area is 204 Å². The van der Waals surface area contributed by atoms with Gasteiger partial charge >= 0.3 is 5.97 Å². The Bertz CT molecular complexity index is 1050. The van der Waals surface area contributed by atoms with Gasteiger partial charge in [0.1, 0.15) is 12.6 Å². The summed E-state index contributed by atoms with van der Waals surface area (Å²) in [5.41, 5.74) is 9.28. The van der Waals surface area contributed by atoms with Crippen LogP contribution in [0.25, 0.3) is 0 Å². The Kier molecular flexibility index (Phi) is 7.99. The quantitative estimate of drug-likeness (QED) is 0.500. The second-order valence-electron chi connectivity index (χ2n) is 8.79. The monoisotopic (exact) mass is 481 g/mol. The van der Waals surface area contributed by atoms with Crippen molar-refractivity contribution in [3.63, 3.8) is 0 Å². The van der Waals surface area contributed by atoms with Crippen LogP contribution in [-0.2, 0) is 41.7 Å². The highest BCUT2D eigenvalue weighted by Crippen LogP contribution is 2.32. The van der Waals surface area contributed by atoms with E-state index < -0.39 is 17.9 Å². The van der Waals surface area contributed by atoms with Crippen LogP contribution in [0.3, 0.4) is 0 Å². The molecule has 1 aromatic carbocycles. The van der Waals surface area contributed by atoms with E-state index >= 15 is 0 Å². The number of primary amides is 1. The summed E-state index contributed by atoms with van der Waals surface area (Å²) in [5, 5.41) is 0. The zero-order chi connectivity index (χ0) is 24.8. The number of hydrogen-bond acceptors (Lipinski definition) is 8. The normalized spacial score (nSPS) is 18.8. The first kappa shape index (κ1) is 24.7. The summed E-state index contributed by atoms with van der Waals surface area (Å²) in [6, 6.07) is 7.49. The van der Waals surface area contributed by atoms with Crippen molar-refractivity contribution in [3.05, 3.63) is 70.6 Å². The predicted octanol–water partition coefficient (Wildman–Crippen LogP) is 1.44. The van der Waals surface area contributed by atoms with Crippen molar-refractivity contribution in [3.8, 4) is 0 Å². The summed E-state index contributed by atoms with van der Waals surface area (Å²) in [6.07, 6.45) is 5.26. The van der Waals surface area contributed by atoms with E-state index in [4.69, 9.17) is 15.2 Å². The van der Waals surface area contributed by atoms with E-state index in [1.165, 1.54) is 18.7 Å². The molecule has 1 fully saturated rings. The fraction of sp³-hybridized carbons (Fsp3) is 0.423. The van der Waals surface area contributed by atoms with Crippen molar-refractivity contribution in [2.45, 2.75) is 32.0 Å². The Morgan fingerprint density at radius 2 is 1.83 bits per heavy atom. The second-order valence-corrected chi connectivity index (χ2v) is 8.79. The van der Waals surface area contributed by atoms with E-state index in [2.05, 4.69) is 21.8 Å². The number of rotatable bonds is 10. The fourth-order valence-corrected chi connectivity index (χ4v) is 4.41. The van der Waals surface area contributed by atoms with Crippen LogP contribution in [0.4, 0.5) is 0 Å². The van der Waals surface area contributed by atoms with Crippen LogP contribution in [0.2, 0.25) is 0 Å². The third-order valence-electron chi connectivity index (χ3n) is 6.40. The number of benzene rings is 1. The predicted molar refractivity (Wildman–Crippen MR) is 128 cm³/mol. The topological polar surface area (TPSA) is 111 Å². The molecule has 0 radical (unpaired) electrons. The first-order chi connectivity index (χ1) is 16.9. The Morgan fingerprint density at radius 3 is 2.51 bits per heavy atom. The maximum Gasteiger partial charge on any atom is 0.305 e. The molecule has 1 aliphatic carbocycles. The molecular formula is C26H31N3O6. The number of ether oxygens (including phenoxy) is 3. The number of esters is 1. The lowest BCUT2D eigenvalue weighted by Crippen LogP contribution is -2.41. The number of carbonyl (C=O) groups is 3. The summed E-state index contributed by atoms with van der Waals surface area (Å²) in [4.78, 5) is 40.3. The number of nitrogens with two attached hydrogens (primary N) is 1. The number of morpholine rings is 1. The Morgan fingerprint density at radius 1 is 1.11 bits per heavy atom. The average molecular weight is 482 g/mol. The number of allylic oxidation sites excluding steroid dienone is 2. The van der Waals surface area contributed by atoms with Crippen LogP contribution in [0.5, 0.6) is 0 Å². The van der Waals surface area contributed by atoms with Crippen molar-refractivity contribution in [2.24, 2.45) is 5.73 Å². The van der Waals surface area contributed by atoms with E-state index in [9.17, 15) is 14.4 Å². The third-order valence-corrected chi connectivity index (χ3v) is 6.40. The van der Waals surface area contributed by atoms with Crippen LogP contribution in [0.15, 0.2) is 59.5 Å². The lowest BCUT2D eigenvalue weighted by atomic mass is 10.00. The van der Waals surface area contributed by atoms with Gasteiger partial charge in [0.25, 0.3) is 0 Å². The Hall–Kier alpha value is -3.43. The highest BCUT2D eigenvalue weighted by molar-refractivity contribution is 6.05. The van der Waals surface area contributed by atoms with Crippen LogP contribution < -0.4 is 5.73 Å². The van der Waals surface area contributed by atoms with Gasteiger partial charge < -0.3 is 24.8 Å². The first-order valence-corrected chi connectivity index (χ1v) is 11.7. The molecule has 3 aliphatic rings. The van der Waals surface area contributed by atoms with Gasteiger partial charge in [-0.25, -0.2) is 0 Å². The molecule has 0 aromatic heterocycles. The summed E-state index contributed by atoms with van der Waals surface area (Å²) in [7, 11) is 1.30. The molecule has 1 atom stereocenters. The number of methoxy groups -OCH3 is 1. The van der Waals surface area contributed by atoms with Gasteiger partial charge in [-0.05, 0) is 35.3 Å². The minimum atomic E-state index is -0.691. The molecule has 35 heavy (non-hydrogen) atoms. The number of hydrogen-bond donors (Lipinski definition) is 1. The van der Waals surface area contributed by atoms with Gasteiger partial charge in [-0.2, -0.15) is 0 Å². The SMILES string of the molecule is COC(=O)CC[C@@H](C(N)=O)N1C=C2C=CC(=O)C(OCc3ccc(CN4CCOCC4)cc3)=C2C1. The molecule has 9 nitrogen and oxygen atoms in total.